The van der Waals surface area contributed by atoms with Crippen LogP contribution in [0.1, 0.15) is 22.3 Å². The summed E-state index contributed by atoms with van der Waals surface area (Å²) in [5.74, 6) is 0. The zero-order valence-corrected chi connectivity index (χ0v) is 32.3. The van der Waals surface area contributed by atoms with Crippen LogP contribution in [0.3, 0.4) is 0 Å². The highest BCUT2D eigenvalue weighted by Gasteiger charge is 2.16. The topological polar surface area (TPSA) is 16.4 Å². The van der Waals surface area contributed by atoms with Crippen molar-refractivity contribution in [1.29, 1.82) is 0 Å². The lowest BCUT2D eigenvalue weighted by Crippen LogP contribution is -2.10. The number of furan rings is 1. The predicted molar refractivity (Wildman–Crippen MR) is 237 cm³/mol. The number of rotatable bonds is 5. The number of allylic oxidation sites excluding steroid dienone is 4. The average molecular weight is 730 g/mol. The molecule has 0 N–H and O–H groups in total. The van der Waals surface area contributed by atoms with E-state index >= 15 is 0 Å². The maximum atomic E-state index is 5.55. The minimum Gasteiger partial charge on any atom is -0.464 e. The van der Waals surface area contributed by atoms with E-state index in [1.54, 1.807) is 18.0 Å². The molecule has 8 aromatic rings. The lowest BCUT2D eigenvalue weighted by atomic mass is 9.95. The zero-order chi connectivity index (χ0) is 37.7. The second kappa shape index (κ2) is 16.0. The number of hydrogen-bond acceptors (Lipinski definition) is 3. The molecule has 2 heterocycles. The Bertz CT molecular complexity index is 2700. The molecule has 9 rings (SSSR count). The van der Waals surface area contributed by atoms with Crippen LogP contribution in [0, 0.1) is 20.8 Å². The molecule has 2 nitrogen and oxygen atoms in total. The standard InChI is InChI=1S/C36H29NS.C16H14O/c1-26-12-14-29(15-13-26)30-16-19-33(20-17-30)37(34-21-18-28-9-6-7-10-31(28)24-34)35-22-23-36-32(25-35)11-5-3-4-8-27(2)38-36;1-11-5-3-4-6-14(11)15-8-7-13-9-10-17-16(13)12(15)2/h3-10,12-25H,2,11H2,1H3;3-10H,1-2H3/b5-3-,8-4-;. The van der Waals surface area contributed by atoms with Gasteiger partial charge in [0.25, 0.3) is 0 Å². The van der Waals surface area contributed by atoms with Crippen LogP contribution in [-0.2, 0) is 6.42 Å². The molecular formula is C52H43NOS. The minimum absolute atomic E-state index is 0.881. The number of benzene rings is 7. The summed E-state index contributed by atoms with van der Waals surface area (Å²) in [6, 6.07) is 54.4. The van der Waals surface area contributed by atoms with E-state index in [-0.39, 0.29) is 0 Å². The van der Waals surface area contributed by atoms with Gasteiger partial charge < -0.3 is 9.32 Å². The summed E-state index contributed by atoms with van der Waals surface area (Å²) in [4.78, 5) is 4.66. The summed E-state index contributed by atoms with van der Waals surface area (Å²) in [7, 11) is 0. The number of thioether (sulfide) groups is 1. The first-order chi connectivity index (χ1) is 26.9. The van der Waals surface area contributed by atoms with Crippen LogP contribution in [0.5, 0.6) is 0 Å². The molecule has 0 radical (unpaired) electrons. The highest BCUT2D eigenvalue weighted by Crippen LogP contribution is 2.40. The Morgan fingerprint density at radius 3 is 2.05 bits per heavy atom. The van der Waals surface area contributed by atoms with Gasteiger partial charge in [-0.25, -0.2) is 0 Å². The van der Waals surface area contributed by atoms with Crippen molar-refractivity contribution < 1.29 is 4.42 Å². The molecule has 0 unspecified atom stereocenters. The van der Waals surface area contributed by atoms with Crippen molar-refractivity contribution >= 4 is 50.6 Å². The monoisotopic (exact) mass is 729 g/mol. The molecule has 0 fully saturated rings. The normalized spacial score (nSPS) is 13.5. The summed E-state index contributed by atoms with van der Waals surface area (Å²) >= 11 is 1.73. The maximum absolute atomic E-state index is 5.55. The van der Waals surface area contributed by atoms with Crippen LogP contribution in [0.4, 0.5) is 17.1 Å². The van der Waals surface area contributed by atoms with Gasteiger partial charge in [0, 0.05) is 37.8 Å². The largest absolute Gasteiger partial charge is 0.464 e. The first-order valence-corrected chi connectivity index (χ1v) is 19.5. The Morgan fingerprint density at radius 2 is 1.25 bits per heavy atom. The summed E-state index contributed by atoms with van der Waals surface area (Å²) < 4.78 is 5.55. The van der Waals surface area contributed by atoms with Crippen LogP contribution in [-0.4, -0.2) is 0 Å². The van der Waals surface area contributed by atoms with Gasteiger partial charge in [-0.2, -0.15) is 0 Å². The molecular weight excluding hydrogens is 687 g/mol. The van der Waals surface area contributed by atoms with Crippen molar-refractivity contribution in [3.8, 4) is 22.3 Å². The van der Waals surface area contributed by atoms with Gasteiger partial charge in [0.05, 0.1) is 6.26 Å². The number of nitrogens with zero attached hydrogens (tertiary/aromatic N) is 1. The lowest BCUT2D eigenvalue weighted by Gasteiger charge is -2.27. The van der Waals surface area contributed by atoms with Crippen LogP contribution >= 0.6 is 11.8 Å². The molecule has 55 heavy (non-hydrogen) atoms. The molecule has 7 aromatic carbocycles. The first kappa shape index (κ1) is 35.7. The van der Waals surface area contributed by atoms with Gasteiger partial charge in [-0.3, -0.25) is 0 Å². The lowest BCUT2D eigenvalue weighted by molar-refractivity contribution is 0.613. The smallest absolute Gasteiger partial charge is 0.137 e. The van der Waals surface area contributed by atoms with E-state index in [1.807, 2.05) is 6.07 Å². The van der Waals surface area contributed by atoms with E-state index < -0.39 is 0 Å². The summed E-state index contributed by atoms with van der Waals surface area (Å²) in [5.41, 5.74) is 14.5. The SMILES string of the molecule is C=C1/C=C\C=C/Cc2cc(N(c3ccc(-c4ccc(C)cc4)cc3)c3ccc4ccccc4c3)ccc2S1.Cc1ccccc1-c1ccc2ccoc2c1C. The van der Waals surface area contributed by atoms with Gasteiger partial charge in [-0.15, -0.1) is 0 Å². The highest BCUT2D eigenvalue weighted by atomic mass is 32.2. The second-order valence-electron chi connectivity index (χ2n) is 14.0. The Balaban J connectivity index is 0.000000209. The molecule has 268 valence electrons. The Hall–Kier alpha value is -6.29. The maximum Gasteiger partial charge on any atom is 0.137 e. The molecule has 0 saturated heterocycles. The third-order valence-corrected chi connectivity index (χ3v) is 11.2. The Kier molecular flexibility index (Phi) is 10.4. The van der Waals surface area contributed by atoms with Crippen LogP contribution < -0.4 is 4.90 Å². The second-order valence-corrected chi connectivity index (χ2v) is 15.2. The molecule has 1 aliphatic rings. The molecule has 0 atom stereocenters. The summed E-state index contributed by atoms with van der Waals surface area (Å²) in [6.07, 6.45) is 11.1. The van der Waals surface area contributed by atoms with E-state index in [4.69, 9.17) is 4.42 Å². The number of hydrogen-bond donors (Lipinski definition) is 0. The molecule has 0 saturated carbocycles. The van der Waals surface area contributed by atoms with Crippen LogP contribution in [0.25, 0.3) is 44.0 Å². The fraction of sp³-hybridized carbons (Fsp3) is 0.0769. The summed E-state index contributed by atoms with van der Waals surface area (Å²) in [6.45, 7) is 10.6. The van der Waals surface area contributed by atoms with Gasteiger partial charge in [0.15, 0.2) is 0 Å². The van der Waals surface area contributed by atoms with Crippen LogP contribution in [0.15, 0.2) is 203 Å². The van der Waals surface area contributed by atoms with Crippen LogP contribution in [0.2, 0.25) is 0 Å². The molecule has 0 spiro atoms. The van der Waals surface area contributed by atoms with Gasteiger partial charge in [0.2, 0.25) is 0 Å². The number of anilines is 3. The van der Waals surface area contributed by atoms with E-state index in [2.05, 4.69) is 202 Å². The van der Waals surface area contributed by atoms with E-state index in [0.717, 1.165) is 34.0 Å². The zero-order valence-electron chi connectivity index (χ0n) is 31.5. The van der Waals surface area contributed by atoms with Gasteiger partial charge in [-0.1, -0.05) is 145 Å². The highest BCUT2D eigenvalue weighted by molar-refractivity contribution is 8.03. The van der Waals surface area contributed by atoms with Crippen molar-refractivity contribution in [1.82, 2.24) is 0 Å². The Labute approximate surface area is 328 Å². The molecule has 0 amide bonds. The van der Waals surface area contributed by atoms with Crippen molar-refractivity contribution in [2.75, 3.05) is 4.90 Å². The number of fused-ring (bicyclic) bond motifs is 3. The Morgan fingerprint density at radius 1 is 0.582 bits per heavy atom. The predicted octanol–water partition coefficient (Wildman–Crippen LogP) is 15.3. The molecule has 1 aromatic heterocycles. The van der Waals surface area contributed by atoms with Crippen molar-refractivity contribution in [3.05, 3.63) is 216 Å². The van der Waals surface area contributed by atoms with Crippen molar-refractivity contribution in [2.24, 2.45) is 0 Å². The van der Waals surface area contributed by atoms with E-state index in [0.29, 0.717) is 0 Å². The quantitative estimate of drug-likeness (QED) is 0.175. The van der Waals surface area contributed by atoms with E-state index in [1.165, 1.54) is 65.6 Å². The van der Waals surface area contributed by atoms with Gasteiger partial charge in [-0.05, 0) is 126 Å². The minimum atomic E-state index is 0.881. The molecule has 0 bridgehead atoms. The first-order valence-electron chi connectivity index (χ1n) is 18.7. The van der Waals surface area contributed by atoms with Gasteiger partial charge >= 0.3 is 0 Å². The fourth-order valence-corrected chi connectivity index (χ4v) is 8.07. The third-order valence-electron chi connectivity index (χ3n) is 10.2. The third kappa shape index (κ3) is 7.85. The molecule has 3 heteroatoms. The molecule has 1 aliphatic heterocycles. The fourth-order valence-electron chi connectivity index (χ4n) is 7.23. The van der Waals surface area contributed by atoms with Crippen molar-refractivity contribution in [2.45, 2.75) is 32.1 Å². The van der Waals surface area contributed by atoms with Gasteiger partial charge in [0.1, 0.15) is 5.58 Å². The number of aryl methyl sites for hydroxylation is 3. The summed E-state index contributed by atoms with van der Waals surface area (Å²) in [5, 5.41) is 3.64. The molecule has 0 aliphatic carbocycles. The van der Waals surface area contributed by atoms with E-state index in [9.17, 15) is 0 Å². The average Bonchev–Trinajstić information content (AvgIpc) is 3.73. The van der Waals surface area contributed by atoms with Crippen molar-refractivity contribution in [3.63, 3.8) is 0 Å².